The van der Waals surface area contributed by atoms with Crippen molar-refractivity contribution in [3.05, 3.63) is 0 Å². The molecule has 0 N–H and O–H groups in total. The van der Waals surface area contributed by atoms with Crippen LogP contribution in [0.5, 0.6) is 0 Å². The number of thioether (sulfide) groups is 1. The Morgan fingerprint density at radius 1 is 1.27 bits per heavy atom. The Kier molecular flexibility index (Phi) is 8.37. The average molecular weight is 265 g/mol. The van der Waals surface area contributed by atoms with Crippen LogP contribution in [0.15, 0.2) is 0 Å². The molecular formula is C10H19NOS3. The number of rotatable bonds is 5. The van der Waals surface area contributed by atoms with Crippen molar-refractivity contribution in [3.8, 4) is 0 Å². The van der Waals surface area contributed by atoms with Gasteiger partial charge in [0.25, 0.3) is 0 Å². The first-order chi connectivity index (χ1) is 7.01. The molecule has 0 unspecified atom stereocenters. The van der Waals surface area contributed by atoms with Gasteiger partial charge in [-0.25, -0.2) is 0 Å². The van der Waals surface area contributed by atoms with Gasteiger partial charge in [-0.2, -0.15) is 0 Å². The summed E-state index contributed by atoms with van der Waals surface area (Å²) in [4.78, 5) is 3.10. The summed E-state index contributed by atoms with van der Waals surface area (Å²) in [5, 5.41) is 0. The number of thiocarbonyl (C=S) groups is 2. The minimum Gasteiger partial charge on any atom is -0.476 e. The fraction of sp³-hybridized carbons (Fsp3) is 0.800. The minimum atomic E-state index is 0.145. The second kappa shape index (κ2) is 8.30. The summed E-state index contributed by atoms with van der Waals surface area (Å²) < 4.78 is 5.95. The lowest BCUT2D eigenvalue weighted by Crippen LogP contribution is -2.30. The number of hydrogen-bond donors (Lipinski definition) is 0. The van der Waals surface area contributed by atoms with Crippen molar-refractivity contribution in [1.29, 1.82) is 0 Å². The van der Waals surface area contributed by atoms with Crippen molar-refractivity contribution in [1.82, 2.24) is 4.90 Å². The van der Waals surface area contributed by atoms with Crippen molar-refractivity contribution in [2.75, 3.05) is 18.8 Å². The second-order valence-corrected chi connectivity index (χ2v) is 5.32. The molecule has 0 radical (unpaired) electrons. The summed E-state index contributed by atoms with van der Waals surface area (Å²) in [6.07, 6.45) is 0.145. The topological polar surface area (TPSA) is 12.5 Å². The molecule has 15 heavy (non-hydrogen) atoms. The third kappa shape index (κ3) is 7.09. The predicted molar refractivity (Wildman–Crippen MR) is 76.8 cm³/mol. The molecule has 88 valence electrons. The Hall–Kier alpha value is 0.130. The van der Waals surface area contributed by atoms with E-state index >= 15 is 0 Å². The quantitative estimate of drug-likeness (QED) is 0.706. The molecule has 0 saturated heterocycles. The van der Waals surface area contributed by atoms with Gasteiger partial charge in [0.1, 0.15) is 0 Å². The van der Waals surface area contributed by atoms with Crippen LogP contribution in [-0.2, 0) is 4.74 Å². The van der Waals surface area contributed by atoms with E-state index in [1.54, 1.807) is 0 Å². The zero-order chi connectivity index (χ0) is 11.8. The van der Waals surface area contributed by atoms with E-state index in [1.807, 2.05) is 13.8 Å². The smallest absolute Gasteiger partial charge is 0.220 e. The molecule has 0 aromatic carbocycles. The van der Waals surface area contributed by atoms with E-state index < -0.39 is 0 Å². The zero-order valence-electron chi connectivity index (χ0n) is 9.78. The van der Waals surface area contributed by atoms with Crippen LogP contribution in [0.1, 0.15) is 27.7 Å². The number of nitrogens with zero attached hydrogens (tertiary/aromatic N) is 1. The third-order valence-corrected chi connectivity index (χ3v) is 3.55. The van der Waals surface area contributed by atoms with E-state index in [0.29, 0.717) is 4.38 Å². The molecule has 0 rings (SSSR count). The maximum absolute atomic E-state index is 5.36. The molecular weight excluding hydrogens is 246 g/mol. The normalized spacial score (nSPS) is 10.2. The van der Waals surface area contributed by atoms with Crippen molar-refractivity contribution >= 4 is 45.6 Å². The lowest BCUT2D eigenvalue weighted by atomic mass is 10.5. The van der Waals surface area contributed by atoms with Crippen molar-refractivity contribution < 1.29 is 4.74 Å². The highest BCUT2D eigenvalue weighted by Gasteiger charge is 2.08. The highest BCUT2D eigenvalue weighted by Crippen LogP contribution is 2.10. The fourth-order valence-electron chi connectivity index (χ4n) is 1.01. The van der Waals surface area contributed by atoms with Crippen molar-refractivity contribution in [2.45, 2.75) is 33.8 Å². The second-order valence-electron chi connectivity index (χ2n) is 3.27. The minimum absolute atomic E-state index is 0.145. The number of hydrogen-bond acceptors (Lipinski definition) is 4. The van der Waals surface area contributed by atoms with E-state index in [4.69, 9.17) is 29.2 Å². The molecule has 5 heteroatoms. The molecule has 0 atom stereocenters. The van der Waals surface area contributed by atoms with Gasteiger partial charge in [0, 0.05) is 13.1 Å². The predicted octanol–water partition coefficient (Wildman–Crippen LogP) is 3.10. The molecule has 0 amide bonds. The van der Waals surface area contributed by atoms with Crippen molar-refractivity contribution in [2.24, 2.45) is 0 Å². The summed E-state index contributed by atoms with van der Waals surface area (Å²) in [7, 11) is 0. The average Bonchev–Trinajstić information content (AvgIpc) is 2.15. The molecule has 0 fully saturated rings. The van der Waals surface area contributed by atoms with Crippen LogP contribution in [0.2, 0.25) is 0 Å². The Labute approximate surface area is 108 Å². The molecule has 0 aromatic rings. The third-order valence-electron chi connectivity index (χ3n) is 1.76. The van der Waals surface area contributed by atoms with Crippen molar-refractivity contribution in [3.63, 3.8) is 0 Å². The highest BCUT2D eigenvalue weighted by atomic mass is 32.2. The maximum Gasteiger partial charge on any atom is 0.220 e. The highest BCUT2D eigenvalue weighted by molar-refractivity contribution is 8.23. The van der Waals surface area contributed by atoms with E-state index in [9.17, 15) is 0 Å². The molecule has 0 aliphatic heterocycles. The Balaban J connectivity index is 3.84. The van der Waals surface area contributed by atoms with Crippen LogP contribution in [0, 0.1) is 0 Å². The monoisotopic (exact) mass is 265 g/mol. The summed E-state index contributed by atoms with van der Waals surface area (Å²) in [5.41, 5.74) is 0. The SMILES string of the molecule is CCN(CC)C(=S)CSC(=S)OC(C)C. The van der Waals surface area contributed by atoms with E-state index in [2.05, 4.69) is 18.7 Å². The van der Waals surface area contributed by atoms with Gasteiger partial charge >= 0.3 is 0 Å². The Morgan fingerprint density at radius 2 is 1.80 bits per heavy atom. The van der Waals surface area contributed by atoms with Crippen LogP contribution in [-0.4, -0.2) is 39.2 Å². The lowest BCUT2D eigenvalue weighted by molar-refractivity contribution is 0.243. The van der Waals surface area contributed by atoms with E-state index in [0.717, 1.165) is 23.8 Å². The van der Waals surface area contributed by atoms with Gasteiger partial charge in [-0.3, -0.25) is 0 Å². The largest absolute Gasteiger partial charge is 0.476 e. The van der Waals surface area contributed by atoms with Gasteiger partial charge in [-0.15, -0.1) is 0 Å². The lowest BCUT2D eigenvalue weighted by Gasteiger charge is -2.21. The Bertz CT molecular complexity index is 215. The van der Waals surface area contributed by atoms with Gasteiger partial charge in [0.2, 0.25) is 4.38 Å². The first-order valence-corrected chi connectivity index (χ1v) is 6.92. The first kappa shape index (κ1) is 15.1. The molecule has 0 aromatic heterocycles. The molecule has 0 spiro atoms. The van der Waals surface area contributed by atoms with E-state index in [1.165, 1.54) is 11.8 Å². The maximum atomic E-state index is 5.36. The number of ether oxygens (including phenoxy) is 1. The standard InChI is InChI=1S/C10H19NOS3/c1-5-11(6-2)9(13)7-15-10(14)12-8(3)4/h8H,5-7H2,1-4H3. The van der Waals surface area contributed by atoms with Gasteiger partial charge in [0.05, 0.1) is 16.8 Å². The first-order valence-electron chi connectivity index (χ1n) is 5.12. The van der Waals surface area contributed by atoms with Gasteiger partial charge in [0.15, 0.2) is 0 Å². The molecule has 0 saturated carbocycles. The van der Waals surface area contributed by atoms with Gasteiger partial charge < -0.3 is 9.64 Å². The van der Waals surface area contributed by atoms with Crippen LogP contribution in [0.3, 0.4) is 0 Å². The summed E-state index contributed by atoms with van der Waals surface area (Å²) in [5.74, 6) is 0.739. The van der Waals surface area contributed by atoms with Crippen LogP contribution >= 0.6 is 36.2 Å². The molecule has 0 heterocycles. The van der Waals surface area contributed by atoms with Gasteiger partial charge in [-0.05, 0) is 39.9 Å². The van der Waals surface area contributed by atoms with Crippen LogP contribution in [0.4, 0.5) is 0 Å². The molecule has 2 nitrogen and oxygen atoms in total. The molecule has 0 bridgehead atoms. The summed E-state index contributed by atoms with van der Waals surface area (Å²) >= 11 is 11.9. The summed E-state index contributed by atoms with van der Waals surface area (Å²) in [6.45, 7) is 10.0. The zero-order valence-corrected chi connectivity index (χ0v) is 12.2. The molecule has 0 aliphatic carbocycles. The van der Waals surface area contributed by atoms with Crippen LogP contribution in [0.25, 0.3) is 0 Å². The van der Waals surface area contributed by atoms with E-state index in [-0.39, 0.29) is 6.10 Å². The van der Waals surface area contributed by atoms with Crippen LogP contribution < -0.4 is 0 Å². The summed E-state index contributed by atoms with van der Waals surface area (Å²) in [6, 6.07) is 0. The Morgan fingerprint density at radius 3 is 2.20 bits per heavy atom. The van der Waals surface area contributed by atoms with Gasteiger partial charge in [-0.1, -0.05) is 24.0 Å². The fourth-order valence-corrected chi connectivity index (χ4v) is 2.50. The molecule has 0 aliphatic rings.